The monoisotopic (exact) mass is 626 g/mol. The molecule has 1 aromatic rings. The highest BCUT2D eigenvalue weighted by Crippen LogP contribution is 2.09. The van der Waals surface area contributed by atoms with Crippen molar-refractivity contribution in [1.29, 1.82) is 0 Å². The van der Waals surface area contributed by atoms with Gasteiger partial charge >= 0.3 is 0 Å². The van der Waals surface area contributed by atoms with Crippen LogP contribution >= 0.6 is 55.2 Å². The van der Waals surface area contributed by atoms with Gasteiger partial charge in [-0.3, -0.25) is 0 Å². The number of aliphatic hydroxyl groups is 1. The van der Waals surface area contributed by atoms with Gasteiger partial charge in [0, 0.05) is 24.9 Å². The maximum Gasteiger partial charge on any atom is 0.276 e. The second kappa shape index (κ2) is 33.9. The van der Waals surface area contributed by atoms with Gasteiger partial charge in [-0.05, 0) is 50.9 Å². The summed E-state index contributed by atoms with van der Waals surface area (Å²) in [6.45, 7) is 16.9. The van der Waals surface area contributed by atoms with E-state index in [9.17, 15) is 8.42 Å². The van der Waals surface area contributed by atoms with Crippen LogP contribution in [0.4, 0.5) is 0 Å². The third-order valence-corrected chi connectivity index (χ3v) is 3.84. The quantitative estimate of drug-likeness (QED) is 0.0755. The first kappa shape index (κ1) is 40.6. The Morgan fingerprint density at radius 1 is 1.29 bits per heavy atom. The summed E-state index contributed by atoms with van der Waals surface area (Å²) in [6, 6.07) is 6.47. The average molecular weight is 629 g/mol. The van der Waals surface area contributed by atoms with Crippen molar-refractivity contribution in [3.05, 3.63) is 57.9 Å². The van der Waals surface area contributed by atoms with Gasteiger partial charge in [0.25, 0.3) is 10.0 Å². The predicted octanol–water partition coefficient (Wildman–Crippen LogP) is 5.19. The summed E-state index contributed by atoms with van der Waals surface area (Å²) in [6.07, 6.45) is 0. The maximum absolute atomic E-state index is 11.3. The number of rotatable bonds is 6. The smallest absolute Gasteiger partial charge is 0.276 e. The first-order valence-corrected chi connectivity index (χ1v) is 13.0. The Labute approximate surface area is 213 Å². The molecular formula is C18H33Br2ClN4O4S2. The van der Waals surface area contributed by atoms with Crippen LogP contribution in [0.1, 0.15) is 12.5 Å². The SMILES string of the molecule is C=C.C=C(Br)Br.C=NNS(=O)(=O)c1ccc(C)cc1.CCCl.CN=O.NCCSCO. The predicted molar refractivity (Wildman–Crippen MR) is 146 cm³/mol. The Hall–Kier alpha value is -0.760. The molecule has 0 spiro atoms. The highest BCUT2D eigenvalue weighted by Gasteiger charge is 2.10. The van der Waals surface area contributed by atoms with E-state index in [0.717, 1.165) is 20.6 Å². The van der Waals surface area contributed by atoms with Crippen LogP contribution in [0.25, 0.3) is 0 Å². The fourth-order valence-corrected chi connectivity index (χ4v) is 2.07. The number of thioether (sulfide) groups is 1. The summed E-state index contributed by atoms with van der Waals surface area (Å²) < 4.78 is 23.4. The number of nitrogens with zero attached hydrogens (tertiary/aromatic N) is 2. The van der Waals surface area contributed by atoms with Gasteiger partial charge in [0.1, 0.15) is 0 Å². The number of hydrogen-bond acceptors (Lipinski definition) is 8. The van der Waals surface area contributed by atoms with E-state index in [1.165, 1.54) is 30.9 Å². The van der Waals surface area contributed by atoms with Crippen molar-refractivity contribution in [2.45, 2.75) is 18.7 Å². The van der Waals surface area contributed by atoms with Gasteiger partial charge < -0.3 is 10.8 Å². The molecule has 1 aromatic carbocycles. The largest absolute Gasteiger partial charge is 0.386 e. The molecule has 0 aliphatic heterocycles. The summed E-state index contributed by atoms with van der Waals surface area (Å²) in [4.78, 5) is 10.7. The molecule has 0 aromatic heterocycles. The second-order valence-electron chi connectivity index (χ2n) is 4.18. The van der Waals surface area contributed by atoms with Gasteiger partial charge in [-0.25, -0.2) is 4.83 Å². The van der Waals surface area contributed by atoms with Gasteiger partial charge in [-0.2, -0.15) is 18.4 Å². The molecule has 0 saturated carbocycles. The molecule has 0 bridgehead atoms. The molecule has 0 unspecified atom stereocenters. The van der Waals surface area contributed by atoms with Crippen LogP contribution in [0.15, 0.2) is 62.6 Å². The zero-order valence-corrected chi connectivity index (χ0v) is 23.6. The molecule has 1 rings (SSSR count). The van der Waals surface area contributed by atoms with Crippen molar-refractivity contribution in [2.24, 2.45) is 16.0 Å². The Bertz CT molecular complexity index is 630. The fourth-order valence-electron chi connectivity index (χ4n) is 1.00. The van der Waals surface area contributed by atoms with Gasteiger partial charge in [-0.15, -0.1) is 36.5 Å². The topological polar surface area (TPSA) is 134 Å². The Morgan fingerprint density at radius 2 is 1.65 bits per heavy atom. The molecule has 0 fully saturated rings. The lowest BCUT2D eigenvalue weighted by molar-refractivity contribution is 0.375. The summed E-state index contributed by atoms with van der Waals surface area (Å²) in [7, 11) is -2.31. The third kappa shape index (κ3) is 43.9. The molecule has 182 valence electrons. The van der Waals surface area contributed by atoms with Crippen LogP contribution in [-0.2, 0) is 10.0 Å². The van der Waals surface area contributed by atoms with E-state index in [1.807, 2.05) is 18.7 Å². The number of nitrogens with two attached hydrogens (primary N) is 1. The number of sulfonamides is 1. The Morgan fingerprint density at radius 3 is 1.87 bits per heavy atom. The van der Waals surface area contributed by atoms with Crippen molar-refractivity contribution < 1.29 is 13.5 Å². The first-order valence-electron chi connectivity index (χ1n) is 8.24. The number of aryl methyl sites for hydroxylation is 1. The van der Waals surface area contributed by atoms with Gasteiger partial charge in [0.05, 0.1) is 21.3 Å². The van der Waals surface area contributed by atoms with Crippen LogP contribution in [0.5, 0.6) is 0 Å². The molecule has 0 amide bonds. The standard InChI is InChI=1S/C8H10N2O2S.C3H9NOS.C2H2Br2.C2H5Cl.C2H4.CH3NO/c1-7-3-5-8(6-4-7)13(11,12)10-9-2;4-1-2-6-3-5;1-2(3)4;1-2-3;1-2;1-2-3/h3-6,10H,2H2,1H3;5H,1-4H2;1H2;2H2,1H3;1-2H2;1H3. The number of hydrogen-bond donors (Lipinski definition) is 3. The molecular weight excluding hydrogens is 596 g/mol. The molecule has 13 heteroatoms. The Kier molecular flexibility index (Phi) is 44.3. The average Bonchev–Trinajstić information content (AvgIpc) is 2.69. The van der Waals surface area contributed by atoms with E-state index in [2.05, 4.69) is 68.6 Å². The number of nitrogens with one attached hydrogen (secondary N) is 1. The van der Waals surface area contributed by atoms with E-state index < -0.39 is 10.0 Å². The number of aliphatic hydroxyl groups excluding tert-OH is 1. The maximum atomic E-state index is 11.3. The van der Waals surface area contributed by atoms with E-state index in [1.54, 1.807) is 12.1 Å². The molecule has 0 atom stereocenters. The van der Waals surface area contributed by atoms with Crippen molar-refractivity contribution >= 4 is 72.0 Å². The molecule has 0 saturated heterocycles. The zero-order chi connectivity index (χ0) is 25.7. The van der Waals surface area contributed by atoms with E-state index in [4.69, 9.17) is 27.3 Å². The van der Waals surface area contributed by atoms with Crippen molar-refractivity contribution in [3.8, 4) is 0 Å². The van der Waals surface area contributed by atoms with Crippen LogP contribution in [0.3, 0.4) is 0 Å². The minimum atomic E-state index is -3.51. The minimum absolute atomic E-state index is 0.186. The number of halogens is 3. The van der Waals surface area contributed by atoms with Crippen LogP contribution in [0.2, 0.25) is 0 Å². The summed E-state index contributed by atoms with van der Waals surface area (Å²) in [5.74, 6) is 1.77. The molecule has 0 aliphatic rings. The highest BCUT2D eigenvalue weighted by molar-refractivity contribution is 9.28. The molecule has 0 aliphatic carbocycles. The third-order valence-electron chi connectivity index (χ3n) is 1.87. The van der Waals surface area contributed by atoms with Gasteiger partial charge in [-0.1, -0.05) is 36.4 Å². The minimum Gasteiger partial charge on any atom is -0.386 e. The summed E-state index contributed by atoms with van der Waals surface area (Å²) >= 11 is 12.4. The normalized spacial score (nSPS) is 8.26. The molecule has 8 nitrogen and oxygen atoms in total. The number of alkyl halides is 1. The molecule has 4 N–H and O–H groups in total. The van der Waals surface area contributed by atoms with Crippen LogP contribution in [0, 0.1) is 11.8 Å². The Balaban J connectivity index is -0.000000105. The lowest BCUT2D eigenvalue weighted by Crippen LogP contribution is -2.17. The van der Waals surface area contributed by atoms with E-state index in [0.29, 0.717) is 6.54 Å². The lowest BCUT2D eigenvalue weighted by atomic mass is 10.2. The molecule has 31 heavy (non-hydrogen) atoms. The second-order valence-corrected chi connectivity index (χ2v) is 10.4. The number of hydrazone groups is 1. The van der Waals surface area contributed by atoms with Crippen LogP contribution < -0.4 is 10.6 Å². The van der Waals surface area contributed by atoms with Crippen molar-refractivity contribution in [1.82, 2.24) is 4.83 Å². The van der Waals surface area contributed by atoms with Crippen LogP contribution in [-0.4, -0.2) is 51.4 Å². The van der Waals surface area contributed by atoms with Crippen molar-refractivity contribution in [2.75, 3.05) is 31.2 Å². The van der Waals surface area contributed by atoms with Crippen molar-refractivity contribution in [3.63, 3.8) is 0 Å². The van der Waals surface area contributed by atoms with E-state index in [-0.39, 0.29) is 10.8 Å². The number of benzene rings is 1. The van der Waals surface area contributed by atoms with Gasteiger partial charge in [0.2, 0.25) is 0 Å². The summed E-state index contributed by atoms with van der Waals surface area (Å²) in [5, 5.41) is 13.5. The van der Waals surface area contributed by atoms with E-state index >= 15 is 0 Å². The molecule has 0 heterocycles. The zero-order valence-electron chi connectivity index (χ0n) is 18.1. The lowest BCUT2D eigenvalue weighted by Gasteiger charge is -2.02. The fraction of sp³-hybridized carbons (Fsp3) is 0.389. The highest BCUT2D eigenvalue weighted by atomic mass is 79.9. The first-order chi connectivity index (χ1) is 14.5. The molecule has 0 radical (unpaired) electrons. The van der Waals surface area contributed by atoms with Gasteiger partial charge in [0.15, 0.2) is 0 Å². The number of nitroso groups, excluding NO2 is 1. The summed E-state index contributed by atoms with van der Waals surface area (Å²) in [5.41, 5.74) is 6.09.